The zero-order valence-corrected chi connectivity index (χ0v) is 13.7. The summed E-state index contributed by atoms with van der Waals surface area (Å²) in [5.74, 6) is 0. The first-order chi connectivity index (χ1) is 11.3. The molecule has 0 radical (unpaired) electrons. The number of nitrogens with zero attached hydrogens (tertiary/aromatic N) is 1. The van der Waals surface area contributed by atoms with Crippen molar-refractivity contribution in [3.63, 3.8) is 0 Å². The molecule has 3 nitrogen and oxygen atoms in total. The van der Waals surface area contributed by atoms with Crippen LogP contribution in [0.4, 0.5) is 0 Å². The first kappa shape index (κ1) is 14.9. The Morgan fingerprint density at radius 2 is 2.17 bits per heavy atom. The Morgan fingerprint density at radius 1 is 1.26 bits per heavy atom. The maximum atomic E-state index is 5.99. The van der Waals surface area contributed by atoms with E-state index in [1.54, 1.807) is 0 Å². The van der Waals surface area contributed by atoms with Crippen LogP contribution in [0.1, 0.15) is 35.6 Å². The summed E-state index contributed by atoms with van der Waals surface area (Å²) in [5.41, 5.74) is 4.43. The molecule has 0 saturated carbocycles. The van der Waals surface area contributed by atoms with Gasteiger partial charge in [-0.3, -0.25) is 4.98 Å². The van der Waals surface area contributed by atoms with Gasteiger partial charge in [0.2, 0.25) is 0 Å². The Hall–Kier alpha value is -1.71. The number of fused-ring (bicyclic) bond motifs is 1. The molecule has 2 heterocycles. The van der Waals surface area contributed by atoms with Crippen molar-refractivity contribution in [2.75, 3.05) is 13.7 Å². The van der Waals surface area contributed by atoms with Crippen molar-refractivity contribution in [2.45, 2.75) is 37.8 Å². The van der Waals surface area contributed by atoms with Gasteiger partial charge >= 0.3 is 0 Å². The quantitative estimate of drug-likeness (QED) is 0.944. The molecular weight excluding hydrogens is 284 g/mol. The summed E-state index contributed by atoms with van der Waals surface area (Å²) in [6, 6.07) is 13.5. The lowest BCUT2D eigenvalue weighted by atomic mass is 9.71. The van der Waals surface area contributed by atoms with E-state index in [-0.39, 0.29) is 11.5 Å². The van der Waals surface area contributed by atoms with Crippen LogP contribution in [0, 0.1) is 5.41 Å². The van der Waals surface area contributed by atoms with E-state index < -0.39 is 0 Å². The number of aromatic nitrogens is 1. The Morgan fingerprint density at radius 3 is 3.00 bits per heavy atom. The van der Waals surface area contributed by atoms with Gasteiger partial charge in [0.1, 0.15) is 0 Å². The standard InChI is InChI=1S/C20H24N2O/c1-23-19-18-7-3-2-6-16(18)12-20(19)8-10-22-17(13-20)11-15-5-4-9-21-14-15/h2-7,9,14,17,19,22H,8,10-13H2,1H3/t17-,19+,20?/m1/s1. The van der Waals surface area contributed by atoms with E-state index in [1.165, 1.54) is 23.1 Å². The second-order valence-corrected chi connectivity index (χ2v) is 7.02. The van der Waals surface area contributed by atoms with E-state index in [0.717, 1.165) is 25.8 Å². The van der Waals surface area contributed by atoms with Gasteiger partial charge in [0, 0.05) is 31.0 Å². The van der Waals surface area contributed by atoms with Gasteiger partial charge in [-0.25, -0.2) is 0 Å². The molecule has 1 spiro atoms. The molecule has 0 bridgehead atoms. The Labute approximate surface area is 138 Å². The van der Waals surface area contributed by atoms with Gasteiger partial charge in [0.25, 0.3) is 0 Å². The number of ether oxygens (including phenoxy) is 1. The molecule has 1 aromatic carbocycles. The molecule has 3 heteroatoms. The van der Waals surface area contributed by atoms with Crippen LogP contribution in [-0.2, 0) is 17.6 Å². The predicted molar refractivity (Wildman–Crippen MR) is 91.3 cm³/mol. The van der Waals surface area contributed by atoms with Gasteiger partial charge in [-0.15, -0.1) is 0 Å². The maximum absolute atomic E-state index is 5.99. The minimum Gasteiger partial charge on any atom is -0.376 e. The molecule has 3 atom stereocenters. The van der Waals surface area contributed by atoms with Gasteiger partial charge in [-0.1, -0.05) is 30.3 Å². The Kier molecular flexibility index (Phi) is 3.92. The number of piperidine rings is 1. The van der Waals surface area contributed by atoms with Crippen LogP contribution >= 0.6 is 0 Å². The Balaban J connectivity index is 1.57. The van der Waals surface area contributed by atoms with Gasteiger partial charge < -0.3 is 10.1 Å². The maximum Gasteiger partial charge on any atom is 0.0884 e. The van der Waals surface area contributed by atoms with Crippen molar-refractivity contribution in [3.8, 4) is 0 Å². The van der Waals surface area contributed by atoms with E-state index >= 15 is 0 Å². The van der Waals surface area contributed by atoms with Crippen LogP contribution < -0.4 is 5.32 Å². The summed E-state index contributed by atoms with van der Waals surface area (Å²) >= 11 is 0. The van der Waals surface area contributed by atoms with Crippen LogP contribution in [0.15, 0.2) is 48.8 Å². The van der Waals surface area contributed by atoms with Crippen molar-refractivity contribution < 1.29 is 4.74 Å². The van der Waals surface area contributed by atoms with Gasteiger partial charge in [-0.2, -0.15) is 0 Å². The number of hydrogen-bond acceptors (Lipinski definition) is 3. The summed E-state index contributed by atoms with van der Waals surface area (Å²) in [6.07, 6.45) is 8.60. The largest absolute Gasteiger partial charge is 0.376 e. The van der Waals surface area contributed by atoms with E-state index in [2.05, 4.69) is 40.6 Å². The highest BCUT2D eigenvalue weighted by molar-refractivity contribution is 5.37. The van der Waals surface area contributed by atoms with E-state index in [9.17, 15) is 0 Å². The molecule has 1 N–H and O–H groups in total. The molecule has 23 heavy (non-hydrogen) atoms. The fourth-order valence-corrected chi connectivity index (χ4v) is 4.67. The van der Waals surface area contributed by atoms with Crippen molar-refractivity contribution in [3.05, 3.63) is 65.5 Å². The first-order valence-corrected chi connectivity index (χ1v) is 8.54. The lowest BCUT2D eigenvalue weighted by Gasteiger charge is -2.42. The van der Waals surface area contributed by atoms with E-state index in [1.807, 2.05) is 25.6 Å². The molecule has 1 fully saturated rings. The van der Waals surface area contributed by atoms with E-state index in [0.29, 0.717) is 6.04 Å². The summed E-state index contributed by atoms with van der Waals surface area (Å²) in [7, 11) is 1.87. The highest BCUT2D eigenvalue weighted by Gasteiger charge is 2.48. The summed E-state index contributed by atoms with van der Waals surface area (Å²) in [4.78, 5) is 4.25. The number of nitrogens with one attached hydrogen (secondary N) is 1. The lowest BCUT2D eigenvalue weighted by molar-refractivity contribution is -0.0290. The summed E-state index contributed by atoms with van der Waals surface area (Å²) < 4.78 is 5.99. The first-order valence-electron chi connectivity index (χ1n) is 8.54. The Bertz CT molecular complexity index is 672. The average molecular weight is 308 g/mol. The van der Waals surface area contributed by atoms with Crippen LogP contribution in [0.3, 0.4) is 0 Å². The van der Waals surface area contributed by atoms with Crippen LogP contribution in [0.2, 0.25) is 0 Å². The van der Waals surface area contributed by atoms with Crippen LogP contribution in [0.25, 0.3) is 0 Å². The SMILES string of the molecule is CO[C@H]1c2ccccc2CC12CCN[C@H](Cc1cccnc1)C2. The monoisotopic (exact) mass is 308 g/mol. The molecule has 1 saturated heterocycles. The van der Waals surface area contributed by atoms with Crippen LogP contribution in [0.5, 0.6) is 0 Å². The summed E-state index contributed by atoms with van der Waals surface area (Å²) in [5, 5.41) is 3.71. The average Bonchev–Trinajstić information content (AvgIpc) is 2.88. The fourth-order valence-electron chi connectivity index (χ4n) is 4.67. The summed E-state index contributed by atoms with van der Waals surface area (Å²) in [6.45, 7) is 1.07. The van der Waals surface area contributed by atoms with Crippen molar-refractivity contribution in [1.82, 2.24) is 10.3 Å². The highest BCUT2D eigenvalue weighted by atomic mass is 16.5. The molecule has 1 aliphatic heterocycles. The van der Waals surface area contributed by atoms with Gasteiger partial charge in [-0.05, 0) is 55.0 Å². The molecule has 1 unspecified atom stereocenters. The van der Waals surface area contributed by atoms with Gasteiger partial charge in [0.05, 0.1) is 6.10 Å². The molecular formula is C20H24N2O. The molecule has 4 rings (SSSR count). The van der Waals surface area contributed by atoms with E-state index in [4.69, 9.17) is 4.74 Å². The molecule has 120 valence electrons. The molecule has 0 amide bonds. The number of hydrogen-bond donors (Lipinski definition) is 1. The topological polar surface area (TPSA) is 34.1 Å². The number of methoxy groups -OCH3 is 1. The number of pyridine rings is 1. The van der Waals surface area contributed by atoms with Crippen molar-refractivity contribution in [2.24, 2.45) is 5.41 Å². The zero-order valence-electron chi connectivity index (χ0n) is 13.7. The molecule has 1 aromatic heterocycles. The van der Waals surface area contributed by atoms with Crippen molar-refractivity contribution >= 4 is 0 Å². The second kappa shape index (κ2) is 6.06. The lowest BCUT2D eigenvalue weighted by Crippen LogP contribution is -2.47. The predicted octanol–water partition coefficient (Wildman–Crippen LogP) is 3.31. The molecule has 1 aliphatic carbocycles. The molecule has 2 aliphatic rings. The highest BCUT2D eigenvalue weighted by Crippen LogP contribution is 2.53. The normalized spacial score (nSPS) is 29.6. The second-order valence-electron chi connectivity index (χ2n) is 7.02. The third-order valence-corrected chi connectivity index (χ3v) is 5.59. The molecule has 2 aromatic rings. The smallest absolute Gasteiger partial charge is 0.0884 e. The number of benzene rings is 1. The third kappa shape index (κ3) is 2.68. The fraction of sp³-hybridized carbons (Fsp3) is 0.450. The minimum absolute atomic E-state index is 0.234. The number of rotatable bonds is 3. The van der Waals surface area contributed by atoms with Gasteiger partial charge in [0.15, 0.2) is 0 Å². The van der Waals surface area contributed by atoms with Crippen LogP contribution in [-0.4, -0.2) is 24.7 Å². The zero-order chi connectivity index (χ0) is 15.7. The third-order valence-electron chi connectivity index (χ3n) is 5.59. The minimum atomic E-state index is 0.234. The van der Waals surface area contributed by atoms with Crippen molar-refractivity contribution in [1.29, 1.82) is 0 Å².